The Kier molecular flexibility index (Phi) is 3.54. The first-order valence-electron chi connectivity index (χ1n) is 5.71. The molecule has 6 nitrogen and oxygen atoms in total. The van der Waals surface area contributed by atoms with Crippen LogP contribution >= 0.6 is 0 Å². The highest BCUT2D eigenvalue weighted by molar-refractivity contribution is 5.05. The summed E-state index contributed by atoms with van der Waals surface area (Å²) in [6.07, 6.45) is -5.17. The van der Waals surface area contributed by atoms with Crippen LogP contribution in [0.1, 0.15) is 24.7 Å². The molecular formula is C10H15F3N4O2. The molecule has 1 aromatic heterocycles. The van der Waals surface area contributed by atoms with Gasteiger partial charge in [-0.3, -0.25) is 0 Å². The predicted molar refractivity (Wildman–Crippen MR) is 58.1 cm³/mol. The number of likely N-dealkylation sites (N-methyl/N-ethyl adjacent to an activating group) is 1. The fourth-order valence-corrected chi connectivity index (χ4v) is 1.63. The molecular weight excluding hydrogens is 265 g/mol. The van der Waals surface area contributed by atoms with Crippen molar-refractivity contribution in [2.24, 2.45) is 5.73 Å². The van der Waals surface area contributed by atoms with Crippen LogP contribution in [0.15, 0.2) is 4.52 Å². The van der Waals surface area contributed by atoms with E-state index in [1.54, 1.807) is 0 Å². The van der Waals surface area contributed by atoms with Gasteiger partial charge in [0.25, 0.3) is 5.89 Å². The number of halogens is 3. The molecule has 0 saturated carbocycles. The van der Waals surface area contributed by atoms with Crippen LogP contribution in [0.2, 0.25) is 0 Å². The van der Waals surface area contributed by atoms with E-state index in [1.807, 2.05) is 11.9 Å². The van der Waals surface area contributed by atoms with Crippen LogP contribution in [0.5, 0.6) is 0 Å². The zero-order chi connectivity index (χ0) is 14.3. The average Bonchev–Trinajstić information content (AvgIpc) is 2.77. The van der Waals surface area contributed by atoms with Gasteiger partial charge in [-0.1, -0.05) is 5.16 Å². The smallest absolute Gasteiger partial charge is 0.367 e. The van der Waals surface area contributed by atoms with Crippen molar-refractivity contribution in [2.75, 3.05) is 26.7 Å². The third kappa shape index (κ3) is 2.72. The van der Waals surface area contributed by atoms with Crippen LogP contribution in [0.4, 0.5) is 13.2 Å². The topological polar surface area (TPSA) is 77.4 Å². The summed E-state index contributed by atoms with van der Waals surface area (Å²) >= 11 is 0. The Morgan fingerprint density at radius 3 is 2.68 bits per heavy atom. The van der Waals surface area contributed by atoms with E-state index < -0.39 is 23.7 Å². The summed E-state index contributed by atoms with van der Waals surface area (Å²) < 4.78 is 48.3. The lowest BCUT2D eigenvalue weighted by atomic mass is 10.0. The minimum absolute atomic E-state index is 0.0856. The Labute approximate surface area is 107 Å². The molecule has 1 aromatic rings. The molecule has 0 bridgehead atoms. The third-order valence-electron chi connectivity index (χ3n) is 3.03. The molecule has 1 fully saturated rings. The van der Waals surface area contributed by atoms with Gasteiger partial charge in [0.05, 0.1) is 6.61 Å². The Balaban J connectivity index is 2.19. The van der Waals surface area contributed by atoms with Gasteiger partial charge in [-0.15, -0.1) is 0 Å². The summed E-state index contributed by atoms with van der Waals surface area (Å²) in [4.78, 5) is 5.70. The van der Waals surface area contributed by atoms with E-state index in [0.717, 1.165) is 13.5 Å². The van der Waals surface area contributed by atoms with Gasteiger partial charge in [-0.25, -0.2) is 0 Å². The molecule has 2 unspecified atom stereocenters. The molecule has 2 heterocycles. The summed E-state index contributed by atoms with van der Waals surface area (Å²) in [5, 5.41) is 3.54. The highest BCUT2D eigenvalue weighted by Crippen LogP contribution is 2.35. The zero-order valence-electron chi connectivity index (χ0n) is 10.6. The number of aromatic nitrogens is 2. The van der Waals surface area contributed by atoms with Crippen LogP contribution in [0.3, 0.4) is 0 Å². The Bertz CT molecular complexity index is 446. The second-order valence-corrected chi connectivity index (χ2v) is 4.78. The number of rotatable bonds is 2. The van der Waals surface area contributed by atoms with Gasteiger partial charge < -0.3 is 19.9 Å². The molecule has 0 aliphatic carbocycles. The van der Waals surface area contributed by atoms with Crippen molar-refractivity contribution in [1.82, 2.24) is 15.0 Å². The fourth-order valence-electron chi connectivity index (χ4n) is 1.63. The Hall–Kier alpha value is -1.19. The van der Waals surface area contributed by atoms with Crippen molar-refractivity contribution in [3.05, 3.63) is 11.7 Å². The maximum absolute atomic E-state index is 12.7. The molecule has 0 spiro atoms. The van der Waals surface area contributed by atoms with Crippen molar-refractivity contribution in [2.45, 2.75) is 24.7 Å². The average molecular weight is 280 g/mol. The molecule has 1 aliphatic heterocycles. The molecule has 108 valence electrons. The number of hydrogen-bond acceptors (Lipinski definition) is 6. The third-order valence-corrected chi connectivity index (χ3v) is 3.03. The standard InChI is InChI=1S/C10H15F3N4O2/c1-9(14,10(11,12)13)8-15-7(16-19-8)6-5-17(2)3-4-18-6/h6H,3-5,14H2,1-2H3. The summed E-state index contributed by atoms with van der Waals surface area (Å²) in [5.74, 6) is -0.575. The van der Waals surface area contributed by atoms with Crippen molar-refractivity contribution in [3.8, 4) is 0 Å². The second-order valence-electron chi connectivity index (χ2n) is 4.78. The van der Waals surface area contributed by atoms with E-state index >= 15 is 0 Å². The molecule has 2 atom stereocenters. The monoisotopic (exact) mass is 280 g/mol. The van der Waals surface area contributed by atoms with Crippen LogP contribution in [0.25, 0.3) is 0 Å². The number of ether oxygens (including phenoxy) is 1. The Morgan fingerprint density at radius 1 is 1.42 bits per heavy atom. The highest BCUT2D eigenvalue weighted by atomic mass is 19.4. The van der Waals surface area contributed by atoms with Crippen LogP contribution in [-0.4, -0.2) is 48.0 Å². The number of alkyl halides is 3. The lowest BCUT2D eigenvalue weighted by molar-refractivity contribution is -0.190. The van der Waals surface area contributed by atoms with Gasteiger partial charge in [0.1, 0.15) is 6.10 Å². The van der Waals surface area contributed by atoms with E-state index in [0.29, 0.717) is 13.2 Å². The zero-order valence-corrected chi connectivity index (χ0v) is 10.6. The van der Waals surface area contributed by atoms with Crippen molar-refractivity contribution in [3.63, 3.8) is 0 Å². The van der Waals surface area contributed by atoms with Crippen molar-refractivity contribution in [1.29, 1.82) is 0 Å². The molecule has 0 radical (unpaired) electrons. The van der Waals surface area contributed by atoms with E-state index in [1.165, 1.54) is 0 Å². The quantitative estimate of drug-likeness (QED) is 0.863. The first-order chi connectivity index (χ1) is 8.72. The maximum atomic E-state index is 12.7. The largest absolute Gasteiger partial charge is 0.415 e. The van der Waals surface area contributed by atoms with E-state index in [9.17, 15) is 13.2 Å². The first-order valence-corrected chi connectivity index (χ1v) is 5.71. The van der Waals surface area contributed by atoms with Gasteiger partial charge in [0.15, 0.2) is 5.54 Å². The van der Waals surface area contributed by atoms with Crippen LogP contribution in [0, 0.1) is 0 Å². The lowest BCUT2D eigenvalue weighted by Gasteiger charge is -2.28. The SMILES string of the molecule is CN1CCOC(c2noc(C(C)(N)C(F)(F)F)n2)C1. The van der Waals surface area contributed by atoms with Crippen molar-refractivity contribution < 1.29 is 22.4 Å². The number of nitrogens with two attached hydrogens (primary N) is 1. The molecule has 0 amide bonds. The van der Waals surface area contributed by atoms with E-state index in [4.69, 9.17) is 10.5 Å². The maximum Gasteiger partial charge on any atom is 0.415 e. The van der Waals surface area contributed by atoms with Crippen LogP contribution in [-0.2, 0) is 10.3 Å². The van der Waals surface area contributed by atoms with Gasteiger partial charge in [-0.05, 0) is 14.0 Å². The molecule has 9 heteroatoms. The molecule has 2 rings (SSSR count). The molecule has 0 aromatic carbocycles. The second kappa shape index (κ2) is 4.73. The first kappa shape index (κ1) is 14.2. The summed E-state index contributed by atoms with van der Waals surface area (Å²) in [6, 6.07) is 0. The molecule has 1 saturated heterocycles. The summed E-state index contributed by atoms with van der Waals surface area (Å²) in [6.45, 7) is 2.49. The van der Waals surface area contributed by atoms with E-state index in [-0.39, 0.29) is 5.82 Å². The Morgan fingerprint density at radius 2 is 2.11 bits per heavy atom. The van der Waals surface area contributed by atoms with Gasteiger partial charge >= 0.3 is 6.18 Å². The van der Waals surface area contributed by atoms with Crippen LogP contribution < -0.4 is 5.73 Å². The number of nitrogens with zero attached hydrogens (tertiary/aromatic N) is 3. The number of morpholine rings is 1. The summed E-state index contributed by atoms with van der Waals surface area (Å²) in [7, 11) is 1.87. The number of hydrogen-bond donors (Lipinski definition) is 1. The lowest BCUT2D eigenvalue weighted by Crippen LogP contribution is -2.48. The minimum Gasteiger partial charge on any atom is -0.367 e. The molecule has 2 N–H and O–H groups in total. The highest BCUT2D eigenvalue weighted by Gasteiger charge is 2.53. The molecule has 1 aliphatic rings. The minimum atomic E-state index is -4.67. The van der Waals surface area contributed by atoms with E-state index in [2.05, 4.69) is 14.7 Å². The predicted octanol–water partition coefficient (Wildman–Crippen LogP) is 0.809. The summed E-state index contributed by atoms with van der Waals surface area (Å²) in [5.41, 5.74) is 2.54. The van der Waals surface area contributed by atoms with Gasteiger partial charge in [0.2, 0.25) is 5.82 Å². The molecule has 19 heavy (non-hydrogen) atoms. The van der Waals surface area contributed by atoms with Gasteiger partial charge in [0, 0.05) is 13.1 Å². The normalized spacial score (nSPS) is 25.3. The van der Waals surface area contributed by atoms with Crippen molar-refractivity contribution >= 4 is 0 Å². The fraction of sp³-hybridized carbons (Fsp3) is 0.800. The van der Waals surface area contributed by atoms with Gasteiger partial charge in [-0.2, -0.15) is 18.2 Å².